The van der Waals surface area contributed by atoms with Crippen LogP contribution in [0.5, 0.6) is 0 Å². The van der Waals surface area contributed by atoms with Gasteiger partial charge in [0.1, 0.15) is 5.76 Å². The Morgan fingerprint density at radius 1 is 1.33 bits per heavy atom. The number of nitrogens with zero attached hydrogens (tertiary/aromatic N) is 2. The molecule has 1 amide bonds. The van der Waals surface area contributed by atoms with E-state index in [9.17, 15) is 4.79 Å². The number of para-hydroxylation sites is 1. The second-order valence-electron chi connectivity index (χ2n) is 7.03. The highest BCUT2D eigenvalue weighted by Crippen LogP contribution is 2.33. The lowest BCUT2D eigenvalue weighted by Gasteiger charge is -2.24. The van der Waals surface area contributed by atoms with Crippen molar-refractivity contribution in [1.29, 1.82) is 0 Å². The van der Waals surface area contributed by atoms with Gasteiger partial charge in [0.25, 0.3) is 5.91 Å². The van der Waals surface area contributed by atoms with E-state index in [-0.39, 0.29) is 5.91 Å². The van der Waals surface area contributed by atoms with Crippen molar-refractivity contribution in [2.45, 2.75) is 39.3 Å². The number of hydrogen-bond acceptors (Lipinski definition) is 5. The largest absolute Gasteiger partial charge is 0.459 e. The lowest BCUT2D eigenvalue weighted by atomic mass is 10.1. The number of nitrogens with one attached hydrogen (secondary N) is 1. The molecule has 6 heteroatoms. The number of hydrogen-bond donors (Lipinski definition) is 1. The third-order valence-electron chi connectivity index (χ3n) is 4.98. The molecule has 4 rings (SSSR count). The topological polar surface area (TPSA) is 71.5 Å². The van der Waals surface area contributed by atoms with Gasteiger partial charge in [-0.2, -0.15) is 0 Å². The van der Waals surface area contributed by atoms with Gasteiger partial charge in [-0.25, -0.2) is 0 Å². The fraction of sp³-hybridized carbons (Fsp3) is 0.333. The quantitative estimate of drug-likeness (QED) is 0.724. The fourth-order valence-electron chi connectivity index (χ4n) is 3.63. The summed E-state index contributed by atoms with van der Waals surface area (Å²) in [5, 5.41) is 6.75. The average Bonchev–Trinajstić information content (AvgIpc) is 3.35. The minimum atomic E-state index is -0.202. The van der Waals surface area contributed by atoms with Crippen LogP contribution >= 0.6 is 0 Å². The van der Waals surface area contributed by atoms with Crippen molar-refractivity contribution in [3.63, 3.8) is 0 Å². The Hall–Kier alpha value is -3.02. The van der Waals surface area contributed by atoms with Gasteiger partial charge in [-0.1, -0.05) is 23.4 Å². The standard InChI is InChI=1S/C21H23N3O3/c1-14-11-18(27-23-14)7-9-22-21(25)20-17(8-10-26-20)13-24-15(2)12-16-5-3-4-6-19(16)24/h3-6,8,10-11,15H,7,9,12-13H2,1-2H3,(H,22,25). The highest BCUT2D eigenvalue weighted by Gasteiger charge is 2.27. The van der Waals surface area contributed by atoms with E-state index in [0.29, 0.717) is 31.3 Å². The Kier molecular flexibility index (Phi) is 4.71. The molecule has 1 N–H and O–H groups in total. The normalized spacial score (nSPS) is 15.8. The number of benzene rings is 1. The van der Waals surface area contributed by atoms with Crippen molar-refractivity contribution >= 4 is 11.6 Å². The molecule has 140 valence electrons. The molecule has 0 bridgehead atoms. The van der Waals surface area contributed by atoms with Gasteiger partial charge >= 0.3 is 0 Å². The first-order valence-corrected chi connectivity index (χ1v) is 9.23. The van der Waals surface area contributed by atoms with E-state index < -0.39 is 0 Å². The first kappa shape index (κ1) is 17.4. The predicted octanol–water partition coefficient (Wildman–Crippen LogP) is 3.50. The molecule has 0 spiro atoms. The van der Waals surface area contributed by atoms with Crippen LogP contribution in [0.4, 0.5) is 5.69 Å². The maximum atomic E-state index is 12.6. The minimum absolute atomic E-state index is 0.202. The lowest BCUT2D eigenvalue weighted by Crippen LogP contribution is -2.30. The minimum Gasteiger partial charge on any atom is -0.459 e. The number of aryl methyl sites for hydroxylation is 1. The molecule has 0 saturated carbocycles. The van der Waals surface area contributed by atoms with E-state index in [4.69, 9.17) is 8.94 Å². The third kappa shape index (κ3) is 3.60. The van der Waals surface area contributed by atoms with Crippen molar-refractivity contribution < 1.29 is 13.7 Å². The third-order valence-corrected chi connectivity index (χ3v) is 4.98. The Balaban J connectivity index is 1.41. The van der Waals surface area contributed by atoms with Gasteiger partial charge in [0, 0.05) is 42.9 Å². The second kappa shape index (κ2) is 7.31. The number of furan rings is 1. The van der Waals surface area contributed by atoms with Crippen molar-refractivity contribution in [1.82, 2.24) is 10.5 Å². The molecule has 1 atom stereocenters. The summed E-state index contributed by atoms with van der Waals surface area (Å²) < 4.78 is 10.7. The highest BCUT2D eigenvalue weighted by molar-refractivity contribution is 5.93. The van der Waals surface area contributed by atoms with E-state index in [0.717, 1.165) is 23.4 Å². The van der Waals surface area contributed by atoms with E-state index in [2.05, 4.69) is 46.6 Å². The first-order chi connectivity index (χ1) is 13.1. The maximum absolute atomic E-state index is 12.6. The molecule has 0 radical (unpaired) electrons. The number of fused-ring (bicyclic) bond motifs is 1. The maximum Gasteiger partial charge on any atom is 0.287 e. The first-order valence-electron chi connectivity index (χ1n) is 9.23. The number of carbonyl (C=O) groups is 1. The van der Waals surface area contributed by atoms with Gasteiger partial charge in [0.2, 0.25) is 0 Å². The van der Waals surface area contributed by atoms with Crippen LogP contribution in [0.1, 0.15) is 40.1 Å². The molecule has 6 nitrogen and oxygen atoms in total. The Morgan fingerprint density at radius 3 is 3.00 bits per heavy atom. The molecule has 0 aliphatic carbocycles. The van der Waals surface area contributed by atoms with Crippen molar-refractivity contribution in [2.75, 3.05) is 11.4 Å². The zero-order valence-electron chi connectivity index (χ0n) is 15.6. The van der Waals surface area contributed by atoms with Crippen LogP contribution in [-0.2, 0) is 19.4 Å². The molecule has 1 unspecified atom stereocenters. The monoisotopic (exact) mass is 365 g/mol. The molecule has 27 heavy (non-hydrogen) atoms. The van der Waals surface area contributed by atoms with Crippen LogP contribution in [0.3, 0.4) is 0 Å². The van der Waals surface area contributed by atoms with E-state index in [1.165, 1.54) is 11.3 Å². The molecule has 1 aliphatic heterocycles. The summed E-state index contributed by atoms with van der Waals surface area (Å²) in [7, 11) is 0. The van der Waals surface area contributed by atoms with Crippen LogP contribution in [-0.4, -0.2) is 23.7 Å². The number of amides is 1. The van der Waals surface area contributed by atoms with E-state index >= 15 is 0 Å². The van der Waals surface area contributed by atoms with Gasteiger partial charge in [-0.3, -0.25) is 4.79 Å². The number of aromatic nitrogens is 1. The van der Waals surface area contributed by atoms with Gasteiger partial charge in [-0.05, 0) is 38.0 Å². The van der Waals surface area contributed by atoms with Crippen molar-refractivity contribution in [2.24, 2.45) is 0 Å². The molecule has 3 aromatic rings. The Labute approximate surface area is 158 Å². The van der Waals surface area contributed by atoms with Crippen molar-refractivity contribution in [3.05, 3.63) is 71.0 Å². The van der Waals surface area contributed by atoms with E-state index in [1.54, 1.807) is 6.26 Å². The summed E-state index contributed by atoms with van der Waals surface area (Å²) in [4.78, 5) is 14.9. The Morgan fingerprint density at radius 2 is 2.19 bits per heavy atom. The molecular weight excluding hydrogens is 342 g/mol. The zero-order chi connectivity index (χ0) is 18.8. The number of anilines is 1. The van der Waals surface area contributed by atoms with E-state index in [1.807, 2.05) is 19.1 Å². The molecule has 3 heterocycles. The smallest absolute Gasteiger partial charge is 0.287 e. The summed E-state index contributed by atoms with van der Waals surface area (Å²) in [6.45, 7) is 5.20. The predicted molar refractivity (Wildman–Crippen MR) is 102 cm³/mol. The van der Waals surface area contributed by atoms with Crippen LogP contribution in [0.2, 0.25) is 0 Å². The average molecular weight is 365 g/mol. The summed E-state index contributed by atoms with van der Waals surface area (Å²) in [5.74, 6) is 0.932. The van der Waals surface area contributed by atoms with Crippen molar-refractivity contribution in [3.8, 4) is 0 Å². The van der Waals surface area contributed by atoms with Crippen LogP contribution in [0.25, 0.3) is 0 Å². The van der Waals surface area contributed by atoms with Crippen LogP contribution in [0.15, 0.2) is 51.6 Å². The zero-order valence-corrected chi connectivity index (χ0v) is 15.6. The molecule has 2 aromatic heterocycles. The second-order valence-corrected chi connectivity index (χ2v) is 7.03. The molecular formula is C21H23N3O3. The molecule has 1 aliphatic rings. The molecule has 1 aromatic carbocycles. The summed E-state index contributed by atoms with van der Waals surface area (Å²) in [6.07, 6.45) is 3.20. The SMILES string of the molecule is Cc1cc(CCNC(=O)c2occc2CN2c3ccccc3CC2C)on1. The highest BCUT2D eigenvalue weighted by atomic mass is 16.5. The van der Waals surface area contributed by atoms with Gasteiger partial charge in [-0.15, -0.1) is 0 Å². The number of carbonyl (C=O) groups excluding carboxylic acids is 1. The summed E-state index contributed by atoms with van der Waals surface area (Å²) in [6, 6.07) is 12.6. The summed E-state index contributed by atoms with van der Waals surface area (Å²) >= 11 is 0. The van der Waals surface area contributed by atoms with Gasteiger partial charge < -0.3 is 19.2 Å². The van der Waals surface area contributed by atoms with Crippen LogP contribution < -0.4 is 10.2 Å². The Bertz CT molecular complexity index is 944. The lowest BCUT2D eigenvalue weighted by molar-refractivity contribution is 0.0924. The summed E-state index contributed by atoms with van der Waals surface area (Å²) in [5.41, 5.74) is 4.32. The fourth-order valence-corrected chi connectivity index (χ4v) is 3.63. The van der Waals surface area contributed by atoms with Gasteiger partial charge in [0.05, 0.1) is 12.0 Å². The molecule has 0 fully saturated rings. The molecule has 0 saturated heterocycles. The number of rotatable bonds is 6. The van der Waals surface area contributed by atoms with Gasteiger partial charge in [0.15, 0.2) is 5.76 Å². The van der Waals surface area contributed by atoms with Crippen LogP contribution in [0, 0.1) is 6.92 Å².